The molecule has 0 aliphatic heterocycles. The van der Waals surface area contributed by atoms with E-state index >= 15 is 0 Å². The highest BCUT2D eigenvalue weighted by atomic mass is 16.5. The third-order valence-electron chi connectivity index (χ3n) is 2.42. The first kappa shape index (κ1) is 14.7. The first-order valence-electron chi connectivity index (χ1n) is 6.24. The van der Waals surface area contributed by atoms with E-state index in [1.54, 1.807) is 13.2 Å². The zero-order chi connectivity index (χ0) is 13.2. The van der Waals surface area contributed by atoms with Crippen LogP contribution in [-0.2, 0) is 4.74 Å². The number of para-hydroxylation sites is 1. The Kier molecular flexibility index (Phi) is 7.06. The fourth-order valence-electron chi connectivity index (χ4n) is 1.51. The average Bonchev–Trinajstić information content (AvgIpc) is 2.41. The minimum Gasteiger partial charge on any atom is -0.493 e. The number of hydrogen-bond acceptors (Lipinski definition) is 4. The first-order valence-corrected chi connectivity index (χ1v) is 6.24. The standard InChI is InChI=1S/C14H21NO3/c1-3-9-18-14-7-5-4-6-12(14)13(16)11-15-8-10-17-2/h4-7,15H,3,8-11H2,1-2H3. The molecule has 0 radical (unpaired) electrons. The lowest BCUT2D eigenvalue weighted by atomic mass is 10.1. The number of nitrogens with one attached hydrogen (secondary N) is 1. The molecule has 0 amide bonds. The average molecular weight is 251 g/mol. The van der Waals surface area contributed by atoms with Crippen molar-refractivity contribution in [3.63, 3.8) is 0 Å². The highest BCUT2D eigenvalue weighted by Gasteiger charge is 2.11. The van der Waals surface area contributed by atoms with Crippen LogP contribution in [-0.4, -0.2) is 39.2 Å². The largest absolute Gasteiger partial charge is 0.493 e. The Morgan fingerprint density at radius 3 is 2.78 bits per heavy atom. The van der Waals surface area contributed by atoms with E-state index in [0.29, 0.717) is 37.6 Å². The molecule has 0 aliphatic carbocycles. The van der Waals surface area contributed by atoms with Crippen molar-refractivity contribution in [1.82, 2.24) is 5.32 Å². The molecule has 0 atom stereocenters. The van der Waals surface area contributed by atoms with Gasteiger partial charge in [0.25, 0.3) is 0 Å². The normalized spacial score (nSPS) is 10.3. The molecule has 0 bridgehead atoms. The molecule has 1 aromatic carbocycles. The van der Waals surface area contributed by atoms with Crippen molar-refractivity contribution in [1.29, 1.82) is 0 Å². The van der Waals surface area contributed by atoms with Crippen LogP contribution in [0.25, 0.3) is 0 Å². The topological polar surface area (TPSA) is 47.6 Å². The summed E-state index contributed by atoms with van der Waals surface area (Å²) in [6.45, 7) is 4.23. The van der Waals surface area contributed by atoms with Crippen LogP contribution in [0.1, 0.15) is 23.7 Å². The molecule has 18 heavy (non-hydrogen) atoms. The van der Waals surface area contributed by atoms with Crippen molar-refractivity contribution in [2.75, 3.05) is 33.4 Å². The van der Waals surface area contributed by atoms with Crippen LogP contribution >= 0.6 is 0 Å². The van der Waals surface area contributed by atoms with Gasteiger partial charge in [-0.25, -0.2) is 0 Å². The summed E-state index contributed by atoms with van der Waals surface area (Å²) in [4.78, 5) is 12.0. The van der Waals surface area contributed by atoms with Crippen molar-refractivity contribution >= 4 is 5.78 Å². The summed E-state index contributed by atoms with van der Waals surface area (Å²) < 4.78 is 10.5. The smallest absolute Gasteiger partial charge is 0.180 e. The maximum Gasteiger partial charge on any atom is 0.180 e. The van der Waals surface area contributed by atoms with Crippen molar-refractivity contribution in [2.24, 2.45) is 0 Å². The second-order valence-electron chi connectivity index (χ2n) is 3.94. The summed E-state index contributed by atoms with van der Waals surface area (Å²) in [5.74, 6) is 0.704. The number of rotatable bonds is 9. The molecule has 0 unspecified atom stereocenters. The molecule has 1 rings (SSSR count). The Hall–Kier alpha value is -1.39. The van der Waals surface area contributed by atoms with Crippen molar-refractivity contribution < 1.29 is 14.3 Å². The monoisotopic (exact) mass is 251 g/mol. The molecular weight excluding hydrogens is 230 g/mol. The van der Waals surface area contributed by atoms with Gasteiger partial charge < -0.3 is 14.8 Å². The van der Waals surface area contributed by atoms with Gasteiger partial charge in [0.2, 0.25) is 0 Å². The number of carbonyl (C=O) groups excluding carboxylic acids is 1. The number of ketones is 1. The molecular formula is C14H21NO3. The van der Waals surface area contributed by atoms with E-state index in [-0.39, 0.29) is 5.78 Å². The van der Waals surface area contributed by atoms with Gasteiger partial charge in [-0.05, 0) is 18.6 Å². The summed E-state index contributed by atoms with van der Waals surface area (Å²) in [5, 5.41) is 3.04. The lowest BCUT2D eigenvalue weighted by molar-refractivity contribution is 0.0983. The third-order valence-corrected chi connectivity index (χ3v) is 2.42. The Balaban J connectivity index is 2.55. The molecule has 0 spiro atoms. The molecule has 0 saturated carbocycles. The second-order valence-corrected chi connectivity index (χ2v) is 3.94. The number of benzene rings is 1. The minimum atomic E-state index is 0.0396. The van der Waals surface area contributed by atoms with Gasteiger partial charge in [-0.1, -0.05) is 19.1 Å². The molecule has 4 heteroatoms. The summed E-state index contributed by atoms with van der Waals surface area (Å²) in [5.41, 5.74) is 0.635. The number of hydrogen-bond donors (Lipinski definition) is 1. The molecule has 0 aliphatic rings. The van der Waals surface area contributed by atoms with Crippen molar-refractivity contribution in [3.8, 4) is 5.75 Å². The highest BCUT2D eigenvalue weighted by molar-refractivity contribution is 6.00. The summed E-state index contributed by atoms with van der Waals surface area (Å²) in [6.07, 6.45) is 0.925. The molecule has 1 aromatic rings. The van der Waals surface area contributed by atoms with Crippen LogP contribution in [0.2, 0.25) is 0 Å². The second kappa shape index (κ2) is 8.66. The number of carbonyl (C=O) groups is 1. The summed E-state index contributed by atoms with van der Waals surface area (Å²) in [7, 11) is 1.64. The van der Waals surface area contributed by atoms with Gasteiger partial charge in [-0.15, -0.1) is 0 Å². The van der Waals surface area contributed by atoms with Crippen LogP contribution in [0.3, 0.4) is 0 Å². The number of Topliss-reactive ketones (excluding diaryl/α,β-unsaturated/α-hetero) is 1. The van der Waals surface area contributed by atoms with Crippen molar-refractivity contribution in [3.05, 3.63) is 29.8 Å². The minimum absolute atomic E-state index is 0.0396. The molecule has 1 N–H and O–H groups in total. The van der Waals surface area contributed by atoms with Gasteiger partial charge in [-0.2, -0.15) is 0 Å². The van der Waals surface area contributed by atoms with E-state index in [1.165, 1.54) is 0 Å². The molecule has 100 valence electrons. The van der Waals surface area contributed by atoms with E-state index in [2.05, 4.69) is 5.32 Å². The van der Waals surface area contributed by atoms with Gasteiger partial charge in [0.15, 0.2) is 5.78 Å². The van der Waals surface area contributed by atoms with Gasteiger partial charge >= 0.3 is 0 Å². The molecule has 0 fully saturated rings. The Bertz CT molecular complexity index is 366. The van der Waals surface area contributed by atoms with Crippen LogP contribution in [0.5, 0.6) is 5.75 Å². The predicted octanol–water partition coefficient (Wildman–Crippen LogP) is 1.89. The van der Waals surface area contributed by atoms with Crippen LogP contribution < -0.4 is 10.1 Å². The zero-order valence-corrected chi connectivity index (χ0v) is 11.1. The number of methoxy groups -OCH3 is 1. The first-order chi connectivity index (χ1) is 8.79. The van der Waals surface area contributed by atoms with Crippen LogP contribution in [0, 0.1) is 0 Å². The molecule has 4 nitrogen and oxygen atoms in total. The van der Waals surface area contributed by atoms with Gasteiger partial charge in [-0.3, -0.25) is 4.79 Å². The van der Waals surface area contributed by atoms with E-state index in [4.69, 9.17) is 9.47 Å². The van der Waals surface area contributed by atoms with Gasteiger partial charge in [0, 0.05) is 13.7 Å². The van der Waals surface area contributed by atoms with E-state index in [9.17, 15) is 4.79 Å². The SMILES string of the molecule is CCCOc1ccccc1C(=O)CNCCOC. The summed E-state index contributed by atoms with van der Waals surface area (Å²) >= 11 is 0. The lowest BCUT2D eigenvalue weighted by Gasteiger charge is -2.10. The fourth-order valence-corrected chi connectivity index (χ4v) is 1.51. The third kappa shape index (κ3) is 4.85. The molecule has 0 aromatic heterocycles. The quantitative estimate of drug-likeness (QED) is 0.538. The predicted molar refractivity (Wildman–Crippen MR) is 71.3 cm³/mol. The van der Waals surface area contributed by atoms with Gasteiger partial charge in [0.1, 0.15) is 5.75 Å². The summed E-state index contributed by atoms with van der Waals surface area (Å²) in [6, 6.07) is 7.35. The molecule has 0 saturated heterocycles. The van der Waals surface area contributed by atoms with E-state index in [1.807, 2.05) is 25.1 Å². The van der Waals surface area contributed by atoms with Crippen molar-refractivity contribution in [2.45, 2.75) is 13.3 Å². The maximum atomic E-state index is 12.0. The highest BCUT2D eigenvalue weighted by Crippen LogP contribution is 2.18. The van der Waals surface area contributed by atoms with Crippen LogP contribution in [0.4, 0.5) is 0 Å². The number of ether oxygens (including phenoxy) is 2. The Morgan fingerprint density at radius 1 is 1.28 bits per heavy atom. The Morgan fingerprint density at radius 2 is 2.06 bits per heavy atom. The Labute approximate surface area is 108 Å². The maximum absolute atomic E-state index is 12.0. The van der Waals surface area contributed by atoms with E-state index in [0.717, 1.165) is 6.42 Å². The molecule has 0 heterocycles. The fraction of sp³-hybridized carbons (Fsp3) is 0.500. The van der Waals surface area contributed by atoms with E-state index < -0.39 is 0 Å². The van der Waals surface area contributed by atoms with Crippen LogP contribution in [0.15, 0.2) is 24.3 Å². The zero-order valence-electron chi connectivity index (χ0n) is 11.1. The van der Waals surface area contributed by atoms with Gasteiger partial charge in [0.05, 0.1) is 25.3 Å². The lowest BCUT2D eigenvalue weighted by Crippen LogP contribution is -2.26.